The lowest BCUT2D eigenvalue weighted by atomic mass is 10.1. The third-order valence-corrected chi connectivity index (χ3v) is 2.87. The van der Waals surface area contributed by atoms with Crippen molar-refractivity contribution in [3.63, 3.8) is 0 Å². The minimum absolute atomic E-state index is 0.0451. The summed E-state index contributed by atoms with van der Waals surface area (Å²) >= 11 is 0. The third kappa shape index (κ3) is 3.71. The molecule has 0 aliphatic heterocycles. The molecule has 102 valence electrons. The average Bonchev–Trinajstić information content (AvgIpc) is 3.19. The normalized spacial score (nSPS) is 13.8. The average molecular weight is 263 g/mol. The van der Waals surface area contributed by atoms with Crippen LogP contribution >= 0.6 is 0 Å². The van der Waals surface area contributed by atoms with E-state index in [-0.39, 0.29) is 18.3 Å². The Kier molecular flexibility index (Phi) is 4.04. The van der Waals surface area contributed by atoms with Crippen molar-refractivity contribution in [2.45, 2.75) is 25.8 Å². The fraction of sp³-hybridized carbons (Fsp3) is 0.429. The standard InChI is InChI=1S/C14H17NO4/c1-9(16)10-3-6-12(13(7-10)18-2)19-8-14(17)15-11-4-5-11/h3,6-7,11H,4-5,8H2,1-2H3,(H,15,17). The molecule has 1 amide bonds. The van der Waals surface area contributed by atoms with Crippen molar-refractivity contribution in [1.29, 1.82) is 0 Å². The van der Waals surface area contributed by atoms with E-state index >= 15 is 0 Å². The molecule has 1 aromatic rings. The van der Waals surface area contributed by atoms with E-state index in [1.54, 1.807) is 18.2 Å². The van der Waals surface area contributed by atoms with Gasteiger partial charge in [-0.25, -0.2) is 0 Å². The molecular weight excluding hydrogens is 246 g/mol. The molecule has 0 heterocycles. The van der Waals surface area contributed by atoms with Crippen LogP contribution in [0.25, 0.3) is 0 Å². The van der Waals surface area contributed by atoms with Crippen LogP contribution in [0.2, 0.25) is 0 Å². The lowest BCUT2D eigenvalue weighted by Crippen LogP contribution is -2.30. The number of rotatable bonds is 6. The summed E-state index contributed by atoms with van der Waals surface area (Å²) in [5, 5.41) is 2.83. The molecule has 0 bridgehead atoms. The van der Waals surface area contributed by atoms with Crippen LogP contribution in [-0.4, -0.2) is 31.4 Å². The van der Waals surface area contributed by atoms with E-state index in [9.17, 15) is 9.59 Å². The Morgan fingerprint density at radius 2 is 2.05 bits per heavy atom. The first-order valence-electron chi connectivity index (χ1n) is 6.21. The maximum atomic E-state index is 11.5. The van der Waals surface area contributed by atoms with E-state index in [1.165, 1.54) is 14.0 Å². The number of amides is 1. The predicted molar refractivity (Wildman–Crippen MR) is 69.7 cm³/mol. The molecule has 2 rings (SSSR count). The van der Waals surface area contributed by atoms with Gasteiger partial charge in [0.15, 0.2) is 23.9 Å². The first kappa shape index (κ1) is 13.4. The van der Waals surface area contributed by atoms with Crippen LogP contribution in [0.1, 0.15) is 30.1 Å². The highest BCUT2D eigenvalue weighted by molar-refractivity contribution is 5.94. The van der Waals surface area contributed by atoms with Gasteiger partial charge in [0.05, 0.1) is 7.11 Å². The van der Waals surface area contributed by atoms with Gasteiger partial charge >= 0.3 is 0 Å². The van der Waals surface area contributed by atoms with Gasteiger partial charge in [0.25, 0.3) is 5.91 Å². The topological polar surface area (TPSA) is 64.6 Å². The van der Waals surface area contributed by atoms with Crippen LogP contribution in [0.3, 0.4) is 0 Å². The summed E-state index contributed by atoms with van der Waals surface area (Å²) in [5.41, 5.74) is 0.548. The number of carbonyl (C=O) groups excluding carboxylic acids is 2. The monoisotopic (exact) mass is 263 g/mol. The Morgan fingerprint density at radius 3 is 2.63 bits per heavy atom. The van der Waals surface area contributed by atoms with Crippen LogP contribution in [0.5, 0.6) is 11.5 Å². The molecule has 1 fully saturated rings. The Bertz CT molecular complexity index is 494. The van der Waals surface area contributed by atoms with Gasteiger partial charge in [-0.05, 0) is 38.0 Å². The molecule has 0 radical (unpaired) electrons. The second kappa shape index (κ2) is 5.73. The number of benzene rings is 1. The zero-order valence-electron chi connectivity index (χ0n) is 11.1. The SMILES string of the molecule is COc1cc(C(C)=O)ccc1OCC(=O)NC1CC1. The maximum Gasteiger partial charge on any atom is 0.258 e. The van der Waals surface area contributed by atoms with Gasteiger partial charge in [-0.2, -0.15) is 0 Å². The molecule has 1 aromatic carbocycles. The van der Waals surface area contributed by atoms with Crippen molar-refractivity contribution in [2.24, 2.45) is 0 Å². The number of ketones is 1. The molecule has 0 spiro atoms. The number of ether oxygens (including phenoxy) is 2. The van der Waals surface area contributed by atoms with E-state index in [0.717, 1.165) is 12.8 Å². The van der Waals surface area contributed by atoms with E-state index in [2.05, 4.69) is 5.32 Å². The molecule has 1 N–H and O–H groups in total. The smallest absolute Gasteiger partial charge is 0.258 e. The molecule has 5 heteroatoms. The Balaban J connectivity index is 1.98. The van der Waals surface area contributed by atoms with Gasteiger partial charge in [-0.3, -0.25) is 9.59 Å². The fourth-order valence-electron chi connectivity index (χ4n) is 1.65. The van der Waals surface area contributed by atoms with Crippen molar-refractivity contribution in [1.82, 2.24) is 5.32 Å². The molecule has 0 saturated heterocycles. The van der Waals surface area contributed by atoms with Crippen LogP contribution in [-0.2, 0) is 4.79 Å². The molecule has 1 aliphatic rings. The van der Waals surface area contributed by atoms with Crippen LogP contribution in [0.15, 0.2) is 18.2 Å². The van der Waals surface area contributed by atoms with Gasteiger partial charge in [0.1, 0.15) is 0 Å². The molecule has 1 saturated carbocycles. The summed E-state index contributed by atoms with van der Waals surface area (Å²) in [6.45, 7) is 1.44. The molecule has 5 nitrogen and oxygen atoms in total. The summed E-state index contributed by atoms with van der Waals surface area (Å²) < 4.78 is 10.6. The van der Waals surface area contributed by atoms with E-state index < -0.39 is 0 Å². The lowest BCUT2D eigenvalue weighted by Gasteiger charge is -2.11. The summed E-state index contributed by atoms with van der Waals surface area (Å²) in [5.74, 6) is 0.724. The molecular formula is C14H17NO4. The highest BCUT2D eigenvalue weighted by Crippen LogP contribution is 2.28. The van der Waals surface area contributed by atoms with Gasteiger partial charge < -0.3 is 14.8 Å². The number of methoxy groups -OCH3 is 1. The van der Waals surface area contributed by atoms with Crippen molar-refractivity contribution in [3.8, 4) is 11.5 Å². The third-order valence-electron chi connectivity index (χ3n) is 2.87. The zero-order valence-corrected chi connectivity index (χ0v) is 11.1. The Labute approximate surface area is 111 Å². The van der Waals surface area contributed by atoms with Crippen LogP contribution in [0.4, 0.5) is 0 Å². The van der Waals surface area contributed by atoms with Crippen LogP contribution in [0, 0.1) is 0 Å². The quantitative estimate of drug-likeness (QED) is 0.791. The van der Waals surface area contributed by atoms with Gasteiger partial charge in [-0.15, -0.1) is 0 Å². The van der Waals surface area contributed by atoms with E-state index in [1.807, 2.05) is 0 Å². The fourth-order valence-corrected chi connectivity index (χ4v) is 1.65. The molecule has 0 atom stereocenters. The zero-order chi connectivity index (χ0) is 13.8. The molecule has 1 aliphatic carbocycles. The molecule has 0 unspecified atom stereocenters. The van der Waals surface area contributed by atoms with Crippen molar-refractivity contribution in [2.75, 3.05) is 13.7 Å². The van der Waals surface area contributed by atoms with Gasteiger partial charge in [0.2, 0.25) is 0 Å². The van der Waals surface area contributed by atoms with Gasteiger partial charge in [0, 0.05) is 11.6 Å². The summed E-state index contributed by atoms with van der Waals surface area (Å²) in [7, 11) is 1.50. The highest BCUT2D eigenvalue weighted by Gasteiger charge is 2.23. The van der Waals surface area contributed by atoms with E-state index in [4.69, 9.17) is 9.47 Å². The first-order chi connectivity index (χ1) is 9.10. The largest absolute Gasteiger partial charge is 0.493 e. The van der Waals surface area contributed by atoms with Crippen molar-refractivity contribution >= 4 is 11.7 Å². The number of hydrogen-bond donors (Lipinski definition) is 1. The maximum absolute atomic E-state index is 11.5. The second-order valence-corrected chi connectivity index (χ2v) is 4.55. The second-order valence-electron chi connectivity index (χ2n) is 4.55. The van der Waals surface area contributed by atoms with Gasteiger partial charge in [-0.1, -0.05) is 0 Å². The minimum atomic E-state index is -0.139. The first-order valence-corrected chi connectivity index (χ1v) is 6.21. The number of nitrogens with one attached hydrogen (secondary N) is 1. The summed E-state index contributed by atoms with van der Waals surface area (Å²) in [6.07, 6.45) is 2.09. The summed E-state index contributed by atoms with van der Waals surface area (Å²) in [6, 6.07) is 5.22. The van der Waals surface area contributed by atoms with Crippen molar-refractivity contribution < 1.29 is 19.1 Å². The molecule has 0 aromatic heterocycles. The number of carbonyl (C=O) groups is 2. The highest BCUT2D eigenvalue weighted by atomic mass is 16.5. The summed E-state index contributed by atoms with van der Waals surface area (Å²) in [4.78, 5) is 22.8. The predicted octanol–water partition coefficient (Wildman–Crippen LogP) is 1.56. The number of Topliss-reactive ketones (excluding diaryl/α,β-unsaturated/α-hetero) is 1. The lowest BCUT2D eigenvalue weighted by molar-refractivity contribution is -0.123. The van der Waals surface area contributed by atoms with Crippen LogP contribution < -0.4 is 14.8 Å². The Morgan fingerprint density at radius 1 is 1.32 bits per heavy atom. The molecule has 19 heavy (non-hydrogen) atoms. The number of hydrogen-bond acceptors (Lipinski definition) is 4. The Hall–Kier alpha value is -2.04. The minimum Gasteiger partial charge on any atom is -0.493 e. The van der Waals surface area contributed by atoms with Crippen molar-refractivity contribution in [3.05, 3.63) is 23.8 Å². The van der Waals surface area contributed by atoms with E-state index in [0.29, 0.717) is 23.1 Å².